The molecule has 0 spiro atoms. The Hall–Kier alpha value is -1.81. The highest BCUT2D eigenvalue weighted by Gasteiger charge is 2.26. The van der Waals surface area contributed by atoms with Crippen molar-refractivity contribution in [1.29, 1.82) is 0 Å². The number of amides is 1. The molecule has 10 heteroatoms. The molecule has 158 valence electrons. The van der Waals surface area contributed by atoms with Gasteiger partial charge in [-0.2, -0.15) is 13.5 Å². The highest BCUT2D eigenvalue weighted by Crippen LogP contribution is 2.28. The normalized spacial score (nSPS) is 16.2. The molecule has 29 heavy (non-hydrogen) atoms. The lowest BCUT2D eigenvalue weighted by Gasteiger charge is -2.13. The number of nitrogens with one attached hydrogen (secondary N) is 1. The lowest BCUT2D eigenvalue weighted by molar-refractivity contribution is 0.102. The van der Waals surface area contributed by atoms with Crippen LogP contribution in [0.1, 0.15) is 16.8 Å². The number of hydrogen-bond acceptors (Lipinski definition) is 5. The number of methoxy groups -OCH3 is 1. The maximum Gasteiger partial charge on any atom is 0.259 e. The van der Waals surface area contributed by atoms with Crippen molar-refractivity contribution < 1.29 is 27.1 Å². The van der Waals surface area contributed by atoms with Crippen LogP contribution in [0.2, 0.25) is 5.02 Å². The summed E-state index contributed by atoms with van der Waals surface area (Å²) < 4.78 is 49.3. The van der Waals surface area contributed by atoms with E-state index in [0.717, 1.165) is 6.07 Å². The van der Waals surface area contributed by atoms with Crippen LogP contribution in [-0.2, 0) is 14.6 Å². The van der Waals surface area contributed by atoms with Gasteiger partial charge in [-0.3, -0.25) is 4.79 Å². The minimum atomic E-state index is -3.61. The van der Waals surface area contributed by atoms with E-state index in [1.807, 2.05) is 0 Å². The van der Waals surface area contributed by atoms with Gasteiger partial charge in [-0.1, -0.05) is 11.6 Å². The second-order valence-corrected chi connectivity index (χ2v) is 8.89. The first-order valence-electron chi connectivity index (χ1n) is 8.55. The molecular formula is C19H21ClFNO5S2. The number of benzene rings is 2. The molecule has 1 aliphatic rings. The highest BCUT2D eigenvalue weighted by atomic mass is 35.5. The van der Waals surface area contributed by atoms with E-state index in [0.29, 0.717) is 19.6 Å². The Morgan fingerprint density at radius 1 is 1.31 bits per heavy atom. The van der Waals surface area contributed by atoms with Gasteiger partial charge < -0.3 is 14.8 Å². The molecule has 1 aliphatic heterocycles. The predicted octanol–water partition coefficient (Wildman–Crippen LogP) is 3.66. The van der Waals surface area contributed by atoms with Crippen molar-refractivity contribution in [3.8, 4) is 5.75 Å². The second-order valence-electron chi connectivity index (χ2n) is 6.45. The summed E-state index contributed by atoms with van der Waals surface area (Å²) in [7, 11) is -2.25. The molecule has 1 amide bonds. The van der Waals surface area contributed by atoms with Crippen LogP contribution in [0.4, 0.5) is 10.1 Å². The van der Waals surface area contributed by atoms with Gasteiger partial charge in [-0.05, 0) is 48.7 Å². The molecule has 0 bridgehead atoms. The Bertz CT molecular complexity index is 994. The van der Waals surface area contributed by atoms with E-state index in [4.69, 9.17) is 21.1 Å². The first kappa shape index (κ1) is 23.5. The van der Waals surface area contributed by atoms with Gasteiger partial charge in [0.05, 0.1) is 40.6 Å². The Kier molecular flexibility index (Phi) is 7.93. The minimum absolute atomic E-state index is 0. The molecular weight excluding hydrogens is 441 g/mol. The van der Waals surface area contributed by atoms with Gasteiger partial charge in [0.15, 0.2) is 9.84 Å². The molecule has 0 aliphatic carbocycles. The topological polar surface area (TPSA) is 81.7 Å². The molecule has 1 saturated heterocycles. The zero-order valence-corrected chi connectivity index (χ0v) is 18.1. The number of rotatable bonds is 6. The smallest absolute Gasteiger partial charge is 0.259 e. The van der Waals surface area contributed by atoms with Crippen molar-refractivity contribution >= 4 is 46.5 Å². The maximum absolute atomic E-state index is 13.4. The average molecular weight is 462 g/mol. The fraction of sp³-hybridized carbons (Fsp3) is 0.316. The van der Waals surface area contributed by atoms with Gasteiger partial charge in [0.2, 0.25) is 0 Å². The molecule has 1 heterocycles. The zero-order valence-electron chi connectivity index (χ0n) is 15.6. The fourth-order valence-corrected chi connectivity index (χ4v) is 4.78. The predicted molar refractivity (Wildman–Crippen MR) is 114 cm³/mol. The van der Waals surface area contributed by atoms with Crippen LogP contribution >= 0.6 is 25.1 Å². The molecule has 2 aromatic rings. The van der Waals surface area contributed by atoms with Crippen molar-refractivity contribution in [3.05, 3.63) is 52.8 Å². The lowest BCUT2D eigenvalue weighted by Crippen LogP contribution is -2.18. The van der Waals surface area contributed by atoms with Crippen LogP contribution in [0, 0.1) is 11.7 Å². The van der Waals surface area contributed by atoms with Crippen LogP contribution in [0.5, 0.6) is 5.75 Å². The van der Waals surface area contributed by atoms with E-state index < -0.39 is 21.6 Å². The van der Waals surface area contributed by atoms with Crippen LogP contribution in [0.25, 0.3) is 0 Å². The van der Waals surface area contributed by atoms with E-state index in [9.17, 15) is 17.6 Å². The quantitative estimate of drug-likeness (QED) is 0.709. The summed E-state index contributed by atoms with van der Waals surface area (Å²) in [4.78, 5) is 12.7. The summed E-state index contributed by atoms with van der Waals surface area (Å²) in [5.74, 6) is -1.17. The third-order valence-electron chi connectivity index (χ3n) is 4.43. The maximum atomic E-state index is 13.4. The molecule has 3 rings (SSSR count). The van der Waals surface area contributed by atoms with Crippen molar-refractivity contribution in [1.82, 2.24) is 0 Å². The Labute approximate surface area is 180 Å². The standard InChI is InChI=1S/C19H19ClFNO5S.H2S/c1-26-18-5-3-14(28(24,25)11-12-6-7-27-10-12)9-15(18)19(23)22-17-8-13(21)2-4-16(17)20;/h2-5,8-9,12H,6-7,10-11H2,1H3,(H,22,23);1H2/t12-;/m0./s1. The van der Waals surface area contributed by atoms with E-state index >= 15 is 0 Å². The molecule has 6 nitrogen and oxygen atoms in total. The number of carbonyl (C=O) groups is 1. The van der Waals surface area contributed by atoms with E-state index in [-0.39, 0.29) is 52.1 Å². The van der Waals surface area contributed by atoms with Crippen LogP contribution in [0.3, 0.4) is 0 Å². The molecule has 0 radical (unpaired) electrons. The second kappa shape index (κ2) is 9.80. The Morgan fingerprint density at radius 3 is 2.72 bits per heavy atom. The third-order valence-corrected chi connectivity index (χ3v) is 6.64. The summed E-state index contributed by atoms with van der Waals surface area (Å²) in [5.41, 5.74) is 0.0802. The summed E-state index contributed by atoms with van der Waals surface area (Å²) >= 11 is 5.98. The van der Waals surface area contributed by atoms with Gasteiger partial charge >= 0.3 is 0 Å². The van der Waals surface area contributed by atoms with E-state index in [2.05, 4.69) is 5.32 Å². The number of halogens is 2. The molecule has 1 N–H and O–H groups in total. The number of ether oxygens (including phenoxy) is 2. The van der Waals surface area contributed by atoms with Crippen LogP contribution in [0.15, 0.2) is 41.3 Å². The summed E-state index contributed by atoms with van der Waals surface area (Å²) in [5, 5.41) is 2.64. The molecule has 1 atom stereocenters. The zero-order chi connectivity index (χ0) is 20.3. The van der Waals surface area contributed by atoms with Crippen LogP contribution < -0.4 is 10.1 Å². The summed E-state index contributed by atoms with van der Waals surface area (Å²) in [6.07, 6.45) is 0.681. The first-order chi connectivity index (χ1) is 13.3. The molecule has 0 aromatic heterocycles. The van der Waals surface area contributed by atoms with Crippen LogP contribution in [-0.4, -0.2) is 40.4 Å². The molecule has 0 unspecified atom stereocenters. The number of carbonyl (C=O) groups excluding carboxylic acids is 1. The van der Waals surface area contributed by atoms with E-state index in [1.165, 1.54) is 37.4 Å². The largest absolute Gasteiger partial charge is 0.496 e. The van der Waals surface area contributed by atoms with Crippen molar-refractivity contribution in [2.24, 2.45) is 5.92 Å². The van der Waals surface area contributed by atoms with E-state index in [1.54, 1.807) is 0 Å². The van der Waals surface area contributed by atoms with Gasteiger partial charge in [0.25, 0.3) is 5.91 Å². The van der Waals surface area contributed by atoms with Gasteiger partial charge in [0, 0.05) is 6.61 Å². The average Bonchev–Trinajstić information content (AvgIpc) is 3.16. The number of hydrogen-bond donors (Lipinski definition) is 1. The first-order valence-corrected chi connectivity index (χ1v) is 10.6. The SMILES string of the molecule is COc1ccc(S(=O)(=O)C[C@H]2CCOC2)cc1C(=O)Nc1cc(F)ccc1Cl.S. The highest BCUT2D eigenvalue weighted by molar-refractivity contribution is 7.91. The molecule has 0 saturated carbocycles. The number of sulfone groups is 1. The van der Waals surface area contributed by atoms with Crippen molar-refractivity contribution in [2.45, 2.75) is 11.3 Å². The summed E-state index contributed by atoms with van der Waals surface area (Å²) in [6, 6.07) is 7.63. The Balaban J connectivity index is 0.00000300. The molecule has 2 aromatic carbocycles. The van der Waals surface area contributed by atoms with Crippen molar-refractivity contribution in [3.63, 3.8) is 0 Å². The monoisotopic (exact) mass is 461 g/mol. The number of anilines is 1. The minimum Gasteiger partial charge on any atom is -0.496 e. The van der Waals surface area contributed by atoms with Gasteiger partial charge in [-0.25, -0.2) is 12.8 Å². The van der Waals surface area contributed by atoms with Crippen molar-refractivity contribution in [2.75, 3.05) is 31.4 Å². The lowest BCUT2D eigenvalue weighted by atomic mass is 10.1. The van der Waals surface area contributed by atoms with Gasteiger partial charge in [-0.15, -0.1) is 0 Å². The fourth-order valence-electron chi connectivity index (χ4n) is 2.96. The summed E-state index contributed by atoms with van der Waals surface area (Å²) in [6.45, 7) is 0.950. The third kappa shape index (κ3) is 5.63. The Morgan fingerprint density at radius 2 is 2.07 bits per heavy atom. The van der Waals surface area contributed by atoms with Gasteiger partial charge in [0.1, 0.15) is 11.6 Å². The molecule has 1 fully saturated rings.